The number of nitrogens with zero attached hydrogens (tertiary/aromatic N) is 3. The molecule has 0 N–H and O–H groups in total. The van der Waals surface area contributed by atoms with Crippen molar-refractivity contribution in [1.82, 2.24) is 14.9 Å². The number of rotatable bonds is 3. The predicted molar refractivity (Wildman–Crippen MR) is 106 cm³/mol. The van der Waals surface area contributed by atoms with Crippen LogP contribution in [0.25, 0.3) is 10.9 Å². The van der Waals surface area contributed by atoms with E-state index in [1.165, 1.54) is 25.7 Å². The van der Waals surface area contributed by atoms with Gasteiger partial charge in [0.2, 0.25) is 5.88 Å². The van der Waals surface area contributed by atoms with Gasteiger partial charge in [0.15, 0.2) is 0 Å². The number of benzene rings is 1. The molecular formula is C20H26BrN3O2. The Morgan fingerprint density at radius 1 is 1.04 bits per heavy atom. The Morgan fingerprint density at radius 2 is 1.81 bits per heavy atom. The normalized spacial score (nSPS) is 25.6. The smallest absolute Gasteiger partial charge is 0.224 e. The fourth-order valence-electron chi connectivity index (χ4n) is 4.13. The van der Waals surface area contributed by atoms with Crippen LogP contribution in [0.4, 0.5) is 0 Å². The van der Waals surface area contributed by atoms with Crippen molar-refractivity contribution in [2.24, 2.45) is 0 Å². The minimum atomic E-state index is 0.248. The van der Waals surface area contributed by atoms with E-state index in [0.717, 1.165) is 60.6 Å². The molecule has 0 amide bonds. The molecule has 2 aliphatic rings. The average molecular weight is 420 g/mol. The zero-order valence-corrected chi connectivity index (χ0v) is 16.7. The van der Waals surface area contributed by atoms with E-state index in [0.29, 0.717) is 5.88 Å². The lowest BCUT2D eigenvalue weighted by atomic mass is 9.93. The van der Waals surface area contributed by atoms with E-state index < -0.39 is 0 Å². The molecule has 1 aromatic carbocycles. The molecule has 0 unspecified atom stereocenters. The van der Waals surface area contributed by atoms with Crippen LogP contribution >= 0.6 is 15.9 Å². The maximum Gasteiger partial charge on any atom is 0.224 e. The standard InChI is InChI=1S/C20H26BrN3O2/c21-15-7-8-19-18(13-15)20(23-14-22-19)26-17-5-1-3-16(4-2-6-17)24-9-11-25-12-10-24/h7-8,13-14,16-17H,1-6,9-12H2. The molecule has 0 atom stereocenters. The maximum atomic E-state index is 6.33. The molecule has 1 saturated carbocycles. The summed E-state index contributed by atoms with van der Waals surface area (Å²) in [4.78, 5) is 11.4. The van der Waals surface area contributed by atoms with Crippen LogP contribution < -0.4 is 4.74 Å². The van der Waals surface area contributed by atoms with Gasteiger partial charge in [-0.1, -0.05) is 15.9 Å². The first-order valence-corrected chi connectivity index (χ1v) is 10.5. The van der Waals surface area contributed by atoms with Gasteiger partial charge in [-0.25, -0.2) is 9.97 Å². The van der Waals surface area contributed by atoms with Crippen LogP contribution in [0, 0.1) is 0 Å². The highest BCUT2D eigenvalue weighted by Crippen LogP contribution is 2.29. The van der Waals surface area contributed by atoms with Crippen molar-refractivity contribution in [3.63, 3.8) is 0 Å². The minimum Gasteiger partial charge on any atom is -0.474 e. The highest BCUT2D eigenvalue weighted by atomic mass is 79.9. The van der Waals surface area contributed by atoms with Gasteiger partial charge in [0, 0.05) is 23.6 Å². The first-order valence-electron chi connectivity index (χ1n) is 9.68. The Labute approximate surface area is 163 Å². The average Bonchev–Trinajstić information content (AvgIpc) is 2.65. The number of aromatic nitrogens is 2. The molecular weight excluding hydrogens is 394 g/mol. The van der Waals surface area contributed by atoms with E-state index in [1.807, 2.05) is 18.2 Å². The molecule has 2 fully saturated rings. The Morgan fingerprint density at radius 3 is 2.58 bits per heavy atom. The number of hydrogen-bond donors (Lipinski definition) is 0. The van der Waals surface area contributed by atoms with E-state index in [2.05, 4.69) is 30.8 Å². The van der Waals surface area contributed by atoms with Crippen molar-refractivity contribution in [1.29, 1.82) is 0 Å². The molecule has 5 nitrogen and oxygen atoms in total. The second kappa shape index (κ2) is 8.63. The number of fused-ring (bicyclic) bond motifs is 1. The molecule has 1 aliphatic heterocycles. The summed E-state index contributed by atoms with van der Waals surface area (Å²) in [5.74, 6) is 0.714. The van der Waals surface area contributed by atoms with Gasteiger partial charge in [-0.3, -0.25) is 4.90 Å². The zero-order chi connectivity index (χ0) is 17.8. The monoisotopic (exact) mass is 419 g/mol. The van der Waals surface area contributed by atoms with E-state index in [-0.39, 0.29) is 6.10 Å². The number of halogens is 1. The van der Waals surface area contributed by atoms with Gasteiger partial charge in [-0.05, 0) is 56.7 Å². The third kappa shape index (κ3) is 4.35. The fourth-order valence-corrected chi connectivity index (χ4v) is 4.49. The van der Waals surface area contributed by atoms with Crippen molar-refractivity contribution < 1.29 is 9.47 Å². The van der Waals surface area contributed by atoms with Crippen LogP contribution in [-0.4, -0.2) is 53.3 Å². The van der Waals surface area contributed by atoms with E-state index in [4.69, 9.17) is 9.47 Å². The first kappa shape index (κ1) is 18.1. The van der Waals surface area contributed by atoms with Crippen molar-refractivity contribution in [2.45, 2.75) is 50.7 Å². The zero-order valence-electron chi connectivity index (χ0n) is 15.1. The molecule has 0 bridgehead atoms. The second-order valence-corrected chi connectivity index (χ2v) is 8.16. The molecule has 2 heterocycles. The summed E-state index contributed by atoms with van der Waals surface area (Å²) in [6, 6.07) is 6.76. The lowest BCUT2D eigenvalue weighted by molar-refractivity contribution is 0.00841. The van der Waals surface area contributed by atoms with Crippen molar-refractivity contribution >= 4 is 26.8 Å². The number of morpholine rings is 1. The molecule has 0 radical (unpaired) electrons. The van der Waals surface area contributed by atoms with Gasteiger partial charge in [0.1, 0.15) is 12.4 Å². The minimum absolute atomic E-state index is 0.248. The fraction of sp³-hybridized carbons (Fsp3) is 0.600. The van der Waals surface area contributed by atoms with Crippen LogP contribution in [0.3, 0.4) is 0 Å². The van der Waals surface area contributed by atoms with Gasteiger partial charge in [-0.15, -0.1) is 0 Å². The summed E-state index contributed by atoms with van der Waals surface area (Å²) >= 11 is 3.53. The summed E-state index contributed by atoms with van der Waals surface area (Å²) in [7, 11) is 0. The van der Waals surface area contributed by atoms with Gasteiger partial charge in [0.25, 0.3) is 0 Å². The third-order valence-electron chi connectivity index (χ3n) is 5.53. The van der Waals surface area contributed by atoms with Gasteiger partial charge >= 0.3 is 0 Å². The number of ether oxygens (including phenoxy) is 2. The topological polar surface area (TPSA) is 47.5 Å². The van der Waals surface area contributed by atoms with Crippen molar-refractivity contribution in [3.05, 3.63) is 29.0 Å². The largest absolute Gasteiger partial charge is 0.474 e. The van der Waals surface area contributed by atoms with Crippen LogP contribution in [0.15, 0.2) is 29.0 Å². The third-order valence-corrected chi connectivity index (χ3v) is 6.02. The molecule has 6 heteroatoms. The number of hydrogen-bond acceptors (Lipinski definition) is 5. The summed E-state index contributed by atoms with van der Waals surface area (Å²) in [5, 5.41) is 0.982. The van der Waals surface area contributed by atoms with Crippen LogP contribution in [0.1, 0.15) is 38.5 Å². The molecule has 2 aromatic rings. The molecule has 4 rings (SSSR count). The Hall–Kier alpha value is -1.24. The Bertz CT molecular complexity index is 726. The summed E-state index contributed by atoms with van der Waals surface area (Å²) in [5.41, 5.74) is 0.927. The highest BCUT2D eigenvalue weighted by molar-refractivity contribution is 9.10. The molecule has 1 aliphatic carbocycles. The molecule has 1 saturated heterocycles. The summed E-state index contributed by atoms with van der Waals surface area (Å²) in [6.07, 6.45) is 8.98. The van der Waals surface area contributed by atoms with E-state index >= 15 is 0 Å². The predicted octanol–water partition coefficient (Wildman–Crippen LogP) is 4.19. The summed E-state index contributed by atoms with van der Waals surface area (Å²) < 4.78 is 12.9. The van der Waals surface area contributed by atoms with Crippen molar-refractivity contribution in [3.8, 4) is 5.88 Å². The molecule has 140 valence electrons. The SMILES string of the molecule is Brc1ccc2ncnc(OC3CCCC(N4CCOCC4)CCC3)c2c1. The van der Waals surface area contributed by atoms with Gasteiger partial charge in [0.05, 0.1) is 24.1 Å². The van der Waals surface area contributed by atoms with E-state index in [1.54, 1.807) is 6.33 Å². The first-order chi connectivity index (χ1) is 12.8. The lowest BCUT2D eigenvalue weighted by Crippen LogP contribution is -2.44. The van der Waals surface area contributed by atoms with Crippen LogP contribution in [0.5, 0.6) is 5.88 Å². The quantitative estimate of drug-likeness (QED) is 0.745. The summed E-state index contributed by atoms with van der Waals surface area (Å²) in [6.45, 7) is 3.95. The van der Waals surface area contributed by atoms with Crippen LogP contribution in [-0.2, 0) is 4.74 Å². The molecule has 1 aromatic heterocycles. The Balaban J connectivity index is 1.39. The Kier molecular flexibility index (Phi) is 6.02. The molecule has 0 spiro atoms. The maximum absolute atomic E-state index is 6.33. The highest BCUT2D eigenvalue weighted by Gasteiger charge is 2.24. The molecule has 26 heavy (non-hydrogen) atoms. The van der Waals surface area contributed by atoms with Gasteiger partial charge in [-0.2, -0.15) is 0 Å². The van der Waals surface area contributed by atoms with Gasteiger partial charge < -0.3 is 9.47 Å². The second-order valence-electron chi connectivity index (χ2n) is 7.24. The lowest BCUT2D eigenvalue weighted by Gasteiger charge is -2.36. The van der Waals surface area contributed by atoms with Crippen LogP contribution in [0.2, 0.25) is 0 Å². The van der Waals surface area contributed by atoms with E-state index in [9.17, 15) is 0 Å². The van der Waals surface area contributed by atoms with Crippen molar-refractivity contribution in [2.75, 3.05) is 26.3 Å².